The van der Waals surface area contributed by atoms with E-state index in [0.29, 0.717) is 23.1 Å². The lowest BCUT2D eigenvalue weighted by atomic mass is 10.1. The Hall–Kier alpha value is -4.88. The van der Waals surface area contributed by atoms with E-state index >= 15 is 0 Å². The number of aryl methyl sites for hydroxylation is 2. The number of anilines is 4. The molecule has 0 aliphatic carbocycles. The van der Waals surface area contributed by atoms with Gasteiger partial charge in [-0.15, -0.1) is 0 Å². The van der Waals surface area contributed by atoms with E-state index in [1.165, 1.54) is 6.33 Å². The molecule has 0 radical (unpaired) electrons. The van der Waals surface area contributed by atoms with Gasteiger partial charge >= 0.3 is 0 Å². The normalized spacial score (nSPS) is 9.68. The molecule has 0 spiro atoms. The molecular formula is C21H18N10. The van der Waals surface area contributed by atoms with Crippen molar-refractivity contribution in [3.8, 4) is 24.0 Å². The van der Waals surface area contributed by atoms with Crippen LogP contribution >= 0.6 is 0 Å². The maximum atomic E-state index is 9.27. The Morgan fingerprint density at radius 2 is 1.77 bits per heavy atom. The number of nitrogens with zero attached hydrogens (tertiary/aromatic N) is 7. The Morgan fingerprint density at radius 1 is 1.00 bits per heavy atom. The van der Waals surface area contributed by atoms with Gasteiger partial charge in [0.1, 0.15) is 41.9 Å². The second kappa shape index (κ2) is 9.08. The molecule has 0 unspecified atom stereocenters. The van der Waals surface area contributed by atoms with Gasteiger partial charge in [-0.2, -0.15) is 25.6 Å². The van der Waals surface area contributed by atoms with Gasteiger partial charge in [-0.3, -0.25) is 0 Å². The van der Waals surface area contributed by atoms with E-state index in [9.17, 15) is 5.26 Å². The Kier molecular flexibility index (Phi) is 6.10. The molecule has 0 atom stereocenters. The Bertz CT molecular complexity index is 1260. The van der Waals surface area contributed by atoms with Crippen LogP contribution in [0, 0.1) is 47.8 Å². The summed E-state index contributed by atoms with van der Waals surface area (Å²) < 4.78 is 1.67. The molecule has 10 heteroatoms. The summed E-state index contributed by atoms with van der Waals surface area (Å²) in [6, 6.07) is 14.3. The van der Waals surface area contributed by atoms with Gasteiger partial charge in [-0.05, 0) is 31.5 Å². The molecule has 1 aromatic carbocycles. The summed E-state index contributed by atoms with van der Waals surface area (Å²) in [6.07, 6.45) is 1.45. The predicted molar refractivity (Wildman–Crippen MR) is 115 cm³/mol. The molecule has 3 rings (SSSR count). The summed E-state index contributed by atoms with van der Waals surface area (Å²) in [5, 5.41) is 41.0. The molecular weight excluding hydrogens is 392 g/mol. The number of nitrogens with one attached hydrogen (secondary N) is 3. The van der Waals surface area contributed by atoms with Crippen LogP contribution < -0.4 is 16.0 Å². The number of allylic oxidation sites excluding steroid dienone is 2. The first-order valence-corrected chi connectivity index (χ1v) is 9.15. The van der Waals surface area contributed by atoms with E-state index in [4.69, 9.17) is 10.5 Å². The monoisotopic (exact) mass is 410 g/mol. The zero-order valence-electron chi connectivity index (χ0n) is 17.1. The van der Waals surface area contributed by atoms with Crippen LogP contribution in [0.2, 0.25) is 0 Å². The van der Waals surface area contributed by atoms with Crippen molar-refractivity contribution in [3.63, 3.8) is 0 Å². The molecule has 152 valence electrons. The number of hydrogen-bond acceptors (Lipinski definition) is 9. The van der Waals surface area contributed by atoms with Crippen molar-refractivity contribution >= 4 is 23.0 Å². The van der Waals surface area contributed by atoms with Gasteiger partial charge in [0.15, 0.2) is 11.4 Å². The van der Waals surface area contributed by atoms with Crippen molar-refractivity contribution in [2.75, 3.05) is 23.0 Å². The molecule has 3 N–H and O–H groups in total. The first kappa shape index (κ1) is 20.8. The Labute approximate surface area is 179 Å². The minimum Gasteiger partial charge on any atom is -0.373 e. The highest BCUT2D eigenvalue weighted by Crippen LogP contribution is 2.27. The SMILES string of the molecule is CNc1cc(-n2nc(C)cc2Nc2cc(NC(C#N)=C(C#N)C#N)ccc2C)ncn1. The van der Waals surface area contributed by atoms with E-state index in [-0.39, 0.29) is 11.3 Å². The molecule has 10 nitrogen and oxygen atoms in total. The summed E-state index contributed by atoms with van der Waals surface area (Å²) in [5.74, 6) is 1.93. The summed E-state index contributed by atoms with van der Waals surface area (Å²) in [7, 11) is 1.77. The third-order valence-corrected chi connectivity index (χ3v) is 4.31. The van der Waals surface area contributed by atoms with Crippen LogP contribution in [0.15, 0.2) is 47.9 Å². The first-order valence-electron chi connectivity index (χ1n) is 9.15. The third-order valence-electron chi connectivity index (χ3n) is 4.31. The minimum atomic E-state index is -0.282. The molecule has 0 fully saturated rings. The smallest absolute Gasteiger partial charge is 0.163 e. The van der Waals surface area contributed by atoms with Crippen molar-refractivity contribution in [1.29, 1.82) is 15.8 Å². The van der Waals surface area contributed by atoms with Gasteiger partial charge in [0.05, 0.1) is 5.69 Å². The lowest BCUT2D eigenvalue weighted by Gasteiger charge is -2.14. The standard InChI is InChI=1S/C21H18N10/c1-13-4-5-16(28-18(11-24)15(9-22)10-23)7-17(13)29-21-6-14(2)30-31(21)20-8-19(25-3)26-12-27-20/h4-8,12,28-29H,1-3H3,(H,25,26,27). The molecule has 2 heterocycles. The van der Waals surface area contributed by atoms with Gasteiger partial charge in [-0.25, -0.2) is 9.97 Å². The highest BCUT2D eigenvalue weighted by molar-refractivity contribution is 5.69. The highest BCUT2D eigenvalue weighted by atomic mass is 15.4. The van der Waals surface area contributed by atoms with Crippen LogP contribution in [0.25, 0.3) is 5.82 Å². The molecule has 31 heavy (non-hydrogen) atoms. The molecule has 0 aliphatic heterocycles. The van der Waals surface area contributed by atoms with Crippen LogP contribution in [-0.2, 0) is 0 Å². The van der Waals surface area contributed by atoms with Crippen LogP contribution in [-0.4, -0.2) is 26.8 Å². The number of nitriles is 3. The van der Waals surface area contributed by atoms with Gasteiger partial charge in [0.2, 0.25) is 0 Å². The number of hydrogen-bond donors (Lipinski definition) is 3. The third kappa shape index (κ3) is 4.58. The highest BCUT2D eigenvalue weighted by Gasteiger charge is 2.12. The van der Waals surface area contributed by atoms with Crippen LogP contribution in [0.5, 0.6) is 0 Å². The zero-order valence-corrected chi connectivity index (χ0v) is 17.1. The van der Waals surface area contributed by atoms with Crippen molar-refractivity contribution < 1.29 is 0 Å². The van der Waals surface area contributed by atoms with E-state index in [1.807, 2.05) is 32.0 Å². The lowest BCUT2D eigenvalue weighted by Crippen LogP contribution is -2.07. The van der Waals surface area contributed by atoms with Gasteiger partial charge < -0.3 is 16.0 Å². The average Bonchev–Trinajstić information content (AvgIpc) is 3.16. The predicted octanol–water partition coefficient (Wildman–Crippen LogP) is 3.30. The Balaban J connectivity index is 1.97. The average molecular weight is 410 g/mol. The quantitative estimate of drug-likeness (QED) is 0.520. The van der Waals surface area contributed by atoms with Crippen LogP contribution in [0.1, 0.15) is 11.3 Å². The van der Waals surface area contributed by atoms with Crippen molar-refractivity contribution in [3.05, 3.63) is 59.2 Å². The first-order chi connectivity index (χ1) is 15.0. The summed E-state index contributed by atoms with van der Waals surface area (Å²) >= 11 is 0. The van der Waals surface area contributed by atoms with Crippen molar-refractivity contribution in [1.82, 2.24) is 19.7 Å². The summed E-state index contributed by atoms with van der Waals surface area (Å²) in [5.41, 5.74) is 2.65. The van der Waals surface area contributed by atoms with Gasteiger partial charge in [0.25, 0.3) is 0 Å². The topological polar surface area (TPSA) is 151 Å². The van der Waals surface area contributed by atoms with Gasteiger partial charge in [-0.1, -0.05) is 6.07 Å². The molecule has 0 aliphatic rings. The fraction of sp³-hybridized carbons (Fsp3) is 0.143. The fourth-order valence-corrected chi connectivity index (χ4v) is 2.76. The molecule has 0 bridgehead atoms. The molecule has 2 aromatic heterocycles. The van der Waals surface area contributed by atoms with E-state index < -0.39 is 0 Å². The second-order valence-electron chi connectivity index (χ2n) is 6.46. The molecule has 3 aromatic rings. The van der Waals surface area contributed by atoms with Gasteiger partial charge in [0, 0.05) is 30.6 Å². The van der Waals surface area contributed by atoms with Crippen LogP contribution in [0.4, 0.5) is 23.0 Å². The maximum absolute atomic E-state index is 9.27. The number of rotatable bonds is 6. The second-order valence-corrected chi connectivity index (χ2v) is 6.46. The van der Waals surface area contributed by atoms with E-state index in [1.54, 1.807) is 42.1 Å². The van der Waals surface area contributed by atoms with E-state index in [2.05, 4.69) is 31.0 Å². The largest absolute Gasteiger partial charge is 0.373 e. The number of benzene rings is 1. The van der Waals surface area contributed by atoms with Crippen molar-refractivity contribution in [2.24, 2.45) is 0 Å². The molecule has 0 saturated carbocycles. The fourth-order valence-electron chi connectivity index (χ4n) is 2.76. The minimum absolute atomic E-state index is 0.110. The Morgan fingerprint density at radius 3 is 2.45 bits per heavy atom. The zero-order chi connectivity index (χ0) is 22.4. The van der Waals surface area contributed by atoms with Crippen LogP contribution in [0.3, 0.4) is 0 Å². The molecule has 0 saturated heterocycles. The summed E-state index contributed by atoms with van der Waals surface area (Å²) in [4.78, 5) is 8.42. The maximum Gasteiger partial charge on any atom is 0.163 e. The number of aromatic nitrogens is 4. The lowest BCUT2D eigenvalue weighted by molar-refractivity contribution is 0.833. The molecule has 0 amide bonds. The summed E-state index contributed by atoms with van der Waals surface area (Å²) in [6.45, 7) is 3.81. The van der Waals surface area contributed by atoms with Crippen molar-refractivity contribution in [2.45, 2.75) is 13.8 Å². The van der Waals surface area contributed by atoms with E-state index in [0.717, 1.165) is 16.9 Å².